The summed E-state index contributed by atoms with van der Waals surface area (Å²) >= 11 is 0. The summed E-state index contributed by atoms with van der Waals surface area (Å²) in [7, 11) is 1.74. The van der Waals surface area contributed by atoms with E-state index in [1.807, 2.05) is 55.5 Å². The first kappa shape index (κ1) is 23.5. The SMILES string of the molecule is CCOc1ccccc1Oc1ccc(CNC(=NC)NCCc2ccco2)cn1.I. The second kappa shape index (κ2) is 12.7. The highest BCUT2D eigenvalue weighted by molar-refractivity contribution is 14.0. The molecule has 160 valence electrons. The summed E-state index contributed by atoms with van der Waals surface area (Å²) in [5, 5.41) is 6.53. The zero-order valence-electron chi connectivity index (χ0n) is 17.1. The average Bonchev–Trinajstić information content (AvgIpc) is 3.27. The van der Waals surface area contributed by atoms with Crippen LogP contribution in [0.3, 0.4) is 0 Å². The lowest BCUT2D eigenvalue weighted by Gasteiger charge is -2.12. The van der Waals surface area contributed by atoms with Crippen LogP contribution in [0.4, 0.5) is 0 Å². The highest BCUT2D eigenvalue weighted by atomic mass is 127. The molecule has 0 saturated carbocycles. The molecule has 0 fully saturated rings. The van der Waals surface area contributed by atoms with Crippen molar-refractivity contribution in [2.75, 3.05) is 20.2 Å². The Labute approximate surface area is 193 Å². The summed E-state index contributed by atoms with van der Waals surface area (Å²) < 4.78 is 16.8. The van der Waals surface area contributed by atoms with Gasteiger partial charge >= 0.3 is 0 Å². The first-order chi connectivity index (χ1) is 14.3. The number of nitrogens with zero attached hydrogens (tertiary/aromatic N) is 2. The fourth-order valence-corrected chi connectivity index (χ4v) is 2.66. The number of hydrogen-bond donors (Lipinski definition) is 2. The van der Waals surface area contributed by atoms with E-state index in [4.69, 9.17) is 13.9 Å². The molecule has 2 aromatic heterocycles. The molecule has 3 aromatic rings. The van der Waals surface area contributed by atoms with Gasteiger partial charge in [-0.3, -0.25) is 4.99 Å². The Morgan fingerprint density at radius 2 is 1.90 bits per heavy atom. The molecule has 0 saturated heterocycles. The molecule has 1 aromatic carbocycles. The Hall–Kier alpha value is -2.75. The van der Waals surface area contributed by atoms with Crippen molar-refractivity contribution in [3.8, 4) is 17.4 Å². The Kier molecular flexibility index (Phi) is 9.99. The number of furan rings is 1. The average molecular weight is 522 g/mol. The van der Waals surface area contributed by atoms with Gasteiger partial charge < -0.3 is 24.5 Å². The molecule has 8 heteroatoms. The van der Waals surface area contributed by atoms with Gasteiger partial charge in [-0.2, -0.15) is 0 Å². The number of guanidine groups is 1. The zero-order chi connectivity index (χ0) is 20.3. The van der Waals surface area contributed by atoms with Gasteiger partial charge in [-0.1, -0.05) is 18.2 Å². The van der Waals surface area contributed by atoms with Crippen molar-refractivity contribution in [1.82, 2.24) is 15.6 Å². The van der Waals surface area contributed by atoms with E-state index in [0.717, 1.165) is 30.2 Å². The molecular formula is C22H27IN4O3. The highest BCUT2D eigenvalue weighted by Gasteiger charge is 2.06. The molecular weight excluding hydrogens is 495 g/mol. The van der Waals surface area contributed by atoms with Gasteiger partial charge in [0.1, 0.15) is 5.76 Å². The lowest BCUT2D eigenvalue weighted by Crippen LogP contribution is -2.37. The minimum atomic E-state index is 0. The van der Waals surface area contributed by atoms with Gasteiger partial charge in [0.25, 0.3) is 0 Å². The van der Waals surface area contributed by atoms with Gasteiger partial charge in [0, 0.05) is 38.8 Å². The largest absolute Gasteiger partial charge is 0.490 e. The number of hydrogen-bond acceptors (Lipinski definition) is 5. The van der Waals surface area contributed by atoms with E-state index in [9.17, 15) is 0 Å². The number of aliphatic imine (C=N–C) groups is 1. The standard InChI is InChI=1S/C22H26N4O3.HI/c1-3-27-19-8-4-5-9-20(19)29-21-11-10-17(15-25-21)16-26-22(23-2)24-13-12-18-7-6-14-28-18;/h4-11,14-15H,3,12-13,16H2,1-2H3,(H2,23,24,26);1H. The Morgan fingerprint density at radius 1 is 1.07 bits per heavy atom. The molecule has 30 heavy (non-hydrogen) atoms. The Bertz CT molecular complexity index is 899. The summed E-state index contributed by atoms with van der Waals surface area (Å²) in [5.41, 5.74) is 1.02. The summed E-state index contributed by atoms with van der Waals surface area (Å²) in [6.45, 7) is 3.85. The van der Waals surface area contributed by atoms with Crippen LogP contribution in [0.1, 0.15) is 18.2 Å². The quantitative estimate of drug-likeness (QED) is 0.247. The third kappa shape index (κ3) is 7.25. The summed E-state index contributed by atoms with van der Waals surface area (Å²) in [6.07, 6.45) is 4.25. The van der Waals surface area contributed by atoms with Crippen LogP contribution in [0.5, 0.6) is 17.4 Å². The van der Waals surface area contributed by atoms with Crippen molar-refractivity contribution in [3.05, 3.63) is 72.3 Å². The van der Waals surface area contributed by atoms with Crippen LogP contribution < -0.4 is 20.1 Å². The number of rotatable bonds is 9. The number of nitrogens with one attached hydrogen (secondary N) is 2. The molecule has 0 aliphatic carbocycles. The summed E-state index contributed by atoms with van der Waals surface area (Å²) in [6, 6.07) is 15.2. The van der Waals surface area contributed by atoms with Gasteiger partial charge in [-0.15, -0.1) is 24.0 Å². The Morgan fingerprint density at radius 3 is 2.57 bits per heavy atom. The third-order valence-electron chi connectivity index (χ3n) is 4.09. The number of halogens is 1. The molecule has 0 aliphatic heterocycles. The van der Waals surface area contributed by atoms with Crippen LogP contribution in [-0.2, 0) is 13.0 Å². The molecule has 7 nitrogen and oxygen atoms in total. The van der Waals surface area contributed by atoms with Crippen molar-refractivity contribution in [3.63, 3.8) is 0 Å². The Balaban J connectivity index is 0.00000320. The van der Waals surface area contributed by atoms with Crippen LogP contribution in [0.15, 0.2) is 70.4 Å². The van der Waals surface area contributed by atoms with Crippen LogP contribution in [0.2, 0.25) is 0 Å². The molecule has 0 bridgehead atoms. The van der Waals surface area contributed by atoms with Crippen molar-refractivity contribution in [2.24, 2.45) is 4.99 Å². The predicted octanol–water partition coefficient (Wildman–Crippen LogP) is 4.39. The maximum atomic E-state index is 5.85. The van der Waals surface area contributed by atoms with Gasteiger partial charge in [0.15, 0.2) is 17.5 Å². The smallest absolute Gasteiger partial charge is 0.219 e. The second-order valence-electron chi connectivity index (χ2n) is 6.17. The van der Waals surface area contributed by atoms with E-state index >= 15 is 0 Å². The normalized spacial score (nSPS) is 10.8. The van der Waals surface area contributed by atoms with Crippen molar-refractivity contribution >= 4 is 29.9 Å². The minimum Gasteiger partial charge on any atom is -0.490 e. The van der Waals surface area contributed by atoms with E-state index in [1.54, 1.807) is 19.5 Å². The number of ether oxygens (including phenoxy) is 2. The van der Waals surface area contributed by atoms with E-state index < -0.39 is 0 Å². The second-order valence-corrected chi connectivity index (χ2v) is 6.17. The maximum Gasteiger partial charge on any atom is 0.219 e. The van der Waals surface area contributed by atoms with Gasteiger partial charge in [0.05, 0.1) is 12.9 Å². The first-order valence-corrected chi connectivity index (χ1v) is 9.60. The molecule has 0 spiro atoms. The number of pyridine rings is 1. The van der Waals surface area contributed by atoms with E-state index in [0.29, 0.717) is 30.5 Å². The first-order valence-electron chi connectivity index (χ1n) is 9.60. The van der Waals surface area contributed by atoms with Crippen LogP contribution >= 0.6 is 24.0 Å². The fourth-order valence-electron chi connectivity index (χ4n) is 2.66. The van der Waals surface area contributed by atoms with Crippen LogP contribution in [-0.4, -0.2) is 31.1 Å². The lowest BCUT2D eigenvalue weighted by atomic mass is 10.3. The lowest BCUT2D eigenvalue weighted by molar-refractivity contribution is 0.319. The topological polar surface area (TPSA) is 80.9 Å². The molecule has 0 radical (unpaired) electrons. The van der Waals surface area contributed by atoms with Gasteiger partial charge in [-0.05, 0) is 36.8 Å². The molecule has 0 atom stereocenters. The molecule has 0 unspecified atom stereocenters. The zero-order valence-corrected chi connectivity index (χ0v) is 19.5. The third-order valence-corrected chi connectivity index (χ3v) is 4.09. The van der Waals surface area contributed by atoms with Crippen molar-refractivity contribution in [2.45, 2.75) is 19.9 Å². The summed E-state index contributed by atoms with van der Waals surface area (Å²) in [4.78, 5) is 8.61. The molecule has 2 N–H and O–H groups in total. The molecule has 2 heterocycles. The summed E-state index contributed by atoms with van der Waals surface area (Å²) in [5.74, 6) is 3.53. The van der Waals surface area contributed by atoms with Crippen LogP contribution in [0.25, 0.3) is 0 Å². The maximum absolute atomic E-state index is 5.85. The van der Waals surface area contributed by atoms with E-state index in [-0.39, 0.29) is 24.0 Å². The minimum absolute atomic E-state index is 0. The van der Waals surface area contributed by atoms with Crippen molar-refractivity contribution in [1.29, 1.82) is 0 Å². The van der Waals surface area contributed by atoms with Crippen molar-refractivity contribution < 1.29 is 13.9 Å². The monoisotopic (exact) mass is 522 g/mol. The number of para-hydroxylation sites is 2. The molecule has 0 amide bonds. The number of aromatic nitrogens is 1. The van der Waals surface area contributed by atoms with Gasteiger partial charge in [0.2, 0.25) is 5.88 Å². The number of benzene rings is 1. The highest BCUT2D eigenvalue weighted by Crippen LogP contribution is 2.30. The molecule has 0 aliphatic rings. The van der Waals surface area contributed by atoms with E-state index in [1.165, 1.54) is 0 Å². The fraction of sp³-hybridized carbons (Fsp3) is 0.273. The predicted molar refractivity (Wildman–Crippen MR) is 128 cm³/mol. The van der Waals surface area contributed by atoms with Crippen LogP contribution in [0, 0.1) is 0 Å². The van der Waals surface area contributed by atoms with Gasteiger partial charge in [-0.25, -0.2) is 4.98 Å². The van der Waals surface area contributed by atoms with E-state index in [2.05, 4.69) is 20.6 Å². The molecule has 3 rings (SSSR count).